The van der Waals surface area contributed by atoms with Gasteiger partial charge in [-0.1, -0.05) is 71.4 Å². The standard InChI is InChI=1S/C25H39N3O5.2H2/c1-6-10-21(23(30)26-20(15-29)13-17(2)3)27-24(31)22(14-18(4)5)28-25(32)33-16-19-11-8-7-9-12-19;;/h7-9,11-12,15,17-18,20-22H,6,10,13-14,16H2,1-5H3,(H,26,30)(H,27,31)(H,28,32);2*1H/t20-,21-,22-;;/m0../s1. The summed E-state index contributed by atoms with van der Waals surface area (Å²) in [7, 11) is 0. The second kappa shape index (κ2) is 15.0. The Morgan fingerprint density at radius 2 is 1.52 bits per heavy atom. The molecule has 0 bridgehead atoms. The van der Waals surface area contributed by atoms with Crippen molar-refractivity contribution >= 4 is 24.2 Å². The first-order chi connectivity index (χ1) is 15.7. The number of carbonyl (C=O) groups is 4. The van der Waals surface area contributed by atoms with E-state index in [9.17, 15) is 19.2 Å². The minimum atomic E-state index is -0.849. The maximum Gasteiger partial charge on any atom is 0.408 e. The second-order valence-corrected chi connectivity index (χ2v) is 9.12. The van der Waals surface area contributed by atoms with Gasteiger partial charge in [-0.25, -0.2) is 4.79 Å². The van der Waals surface area contributed by atoms with Crippen molar-refractivity contribution in [2.45, 2.75) is 85.0 Å². The average Bonchev–Trinajstić information content (AvgIpc) is 2.76. The smallest absolute Gasteiger partial charge is 0.408 e. The topological polar surface area (TPSA) is 114 Å². The van der Waals surface area contributed by atoms with E-state index in [1.165, 1.54) is 0 Å². The first kappa shape index (κ1) is 28.1. The molecule has 0 unspecified atom stereocenters. The van der Waals surface area contributed by atoms with E-state index in [2.05, 4.69) is 16.0 Å². The van der Waals surface area contributed by atoms with Gasteiger partial charge in [-0.15, -0.1) is 0 Å². The summed E-state index contributed by atoms with van der Waals surface area (Å²) < 4.78 is 5.25. The van der Waals surface area contributed by atoms with Crippen molar-refractivity contribution in [2.75, 3.05) is 0 Å². The minimum Gasteiger partial charge on any atom is -0.445 e. The first-order valence-electron chi connectivity index (χ1n) is 11.7. The Balaban J connectivity index is 0. The average molecular weight is 466 g/mol. The van der Waals surface area contributed by atoms with E-state index in [0.29, 0.717) is 32.0 Å². The molecule has 0 aromatic heterocycles. The van der Waals surface area contributed by atoms with Gasteiger partial charge in [-0.3, -0.25) is 9.59 Å². The molecule has 3 atom stereocenters. The Morgan fingerprint density at radius 1 is 0.909 bits per heavy atom. The van der Waals surface area contributed by atoms with Gasteiger partial charge in [0.1, 0.15) is 25.0 Å². The predicted octanol–water partition coefficient (Wildman–Crippen LogP) is 3.83. The van der Waals surface area contributed by atoms with Gasteiger partial charge in [0.15, 0.2) is 0 Å². The maximum absolute atomic E-state index is 13.0. The van der Waals surface area contributed by atoms with Crippen molar-refractivity contribution in [2.24, 2.45) is 11.8 Å². The van der Waals surface area contributed by atoms with Gasteiger partial charge in [-0.05, 0) is 36.7 Å². The zero-order valence-electron chi connectivity index (χ0n) is 20.4. The molecule has 188 valence electrons. The Bertz CT molecular complexity index is 763. The molecule has 1 aromatic rings. The van der Waals surface area contributed by atoms with Crippen LogP contribution in [0.1, 0.15) is 68.7 Å². The maximum atomic E-state index is 13.0. The number of amides is 3. The zero-order chi connectivity index (χ0) is 24.8. The second-order valence-electron chi connectivity index (χ2n) is 9.12. The van der Waals surface area contributed by atoms with Gasteiger partial charge < -0.3 is 25.5 Å². The lowest BCUT2D eigenvalue weighted by Gasteiger charge is -2.25. The largest absolute Gasteiger partial charge is 0.445 e. The van der Waals surface area contributed by atoms with E-state index in [1.807, 2.05) is 65.0 Å². The van der Waals surface area contributed by atoms with Crippen molar-refractivity contribution in [3.8, 4) is 0 Å². The Labute approximate surface area is 200 Å². The van der Waals surface area contributed by atoms with Crippen LogP contribution >= 0.6 is 0 Å². The van der Waals surface area contributed by atoms with Crippen molar-refractivity contribution < 1.29 is 26.8 Å². The van der Waals surface area contributed by atoms with Crippen molar-refractivity contribution in [3.63, 3.8) is 0 Å². The molecule has 0 fully saturated rings. The van der Waals surface area contributed by atoms with Gasteiger partial charge in [0.25, 0.3) is 0 Å². The molecular weight excluding hydrogens is 422 g/mol. The van der Waals surface area contributed by atoms with Crippen LogP contribution < -0.4 is 16.0 Å². The summed E-state index contributed by atoms with van der Waals surface area (Å²) >= 11 is 0. The van der Waals surface area contributed by atoms with Crippen molar-refractivity contribution in [1.82, 2.24) is 16.0 Å². The first-order valence-corrected chi connectivity index (χ1v) is 11.7. The summed E-state index contributed by atoms with van der Waals surface area (Å²) in [6, 6.07) is 6.99. The van der Waals surface area contributed by atoms with Crippen molar-refractivity contribution in [3.05, 3.63) is 35.9 Å². The molecule has 0 aliphatic carbocycles. The summed E-state index contributed by atoms with van der Waals surface area (Å²) in [5.74, 6) is -0.501. The fraction of sp³-hybridized carbons (Fsp3) is 0.600. The SMILES string of the molecule is CCC[C@H](NC(=O)[C@H](CC(C)C)NC(=O)OCc1ccccc1)C(=O)N[C@H](C=O)CC(C)C.[HH].[HH]. The Morgan fingerprint density at radius 3 is 2.06 bits per heavy atom. The molecule has 0 spiro atoms. The highest BCUT2D eigenvalue weighted by Crippen LogP contribution is 2.09. The molecule has 3 N–H and O–H groups in total. The Hall–Kier alpha value is -2.90. The van der Waals surface area contributed by atoms with Crippen LogP contribution in [0.3, 0.4) is 0 Å². The fourth-order valence-electron chi connectivity index (χ4n) is 3.38. The number of hydrogen-bond donors (Lipinski definition) is 3. The van der Waals surface area contributed by atoms with E-state index in [1.54, 1.807) is 0 Å². The lowest BCUT2D eigenvalue weighted by molar-refractivity contribution is -0.131. The number of carbonyl (C=O) groups excluding carboxylic acids is 4. The van der Waals surface area contributed by atoms with E-state index >= 15 is 0 Å². The quantitative estimate of drug-likeness (QED) is 0.361. The molecule has 8 heteroatoms. The third-order valence-corrected chi connectivity index (χ3v) is 4.96. The van der Waals surface area contributed by atoms with Crippen molar-refractivity contribution in [1.29, 1.82) is 0 Å². The number of nitrogens with one attached hydrogen (secondary N) is 3. The van der Waals surface area contributed by atoms with Gasteiger partial charge >= 0.3 is 6.09 Å². The highest BCUT2D eigenvalue weighted by atomic mass is 16.5. The van der Waals surface area contributed by atoms with Gasteiger partial charge in [-0.2, -0.15) is 0 Å². The highest BCUT2D eigenvalue weighted by molar-refractivity contribution is 5.92. The van der Waals surface area contributed by atoms with Crippen LogP contribution in [-0.2, 0) is 25.7 Å². The number of benzene rings is 1. The molecule has 33 heavy (non-hydrogen) atoms. The van der Waals surface area contributed by atoms with Crippen LogP contribution in [0.4, 0.5) is 4.79 Å². The molecule has 0 aliphatic rings. The monoisotopic (exact) mass is 465 g/mol. The van der Waals surface area contributed by atoms with E-state index in [0.717, 1.165) is 5.56 Å². The predicted molar refractivity (Wildman–Crippen MR) is 132 cm³/mol. The molecule has 1 rings (SSSR count). The molecule has 0 saturated carbocycles. The van der Waals surface area contributed by atoms with E-state index in [-0.39, 0.29) is 21.3 Å². The number of rotatable bonds is 14. The summed E-state index contributed by atoms with van der Waals surface area (Å²) in [5.41, 5.74) is 0.836. The van der Waals surface area contributed by atoms with Crippen LogP contribution in [0.5, 0.6) is 0 Å². The van der Waals surface area contributed by atoms with Crippen LogP contribution in [0.15, 0.2) is 30.3 Å². The van der Waals surface area contributed by atoms with Crippen LogP contribution in [0.2, 0.25) is 0 Å². The van der Waals surface area contributed by atoms with Gasteiger partial charge in [0.05, 0.1) is 6.04 Å². The molecule has 0 heterocycles. The Kier molecular flexibility index (Phi) is 12.8. The third kappa shape index (κ3) is 11.5. The summed E-state index contributed by atoms with van der Waals surface area (Å²) in [6.07, 6.45) is 2.00. The number of aldehydes is 1. The molecule has 1 aromatic carbocycles. The van der Waals surface area contributed by atoms with E-state index < -0.39 is 36.0 Å². The third-order valence-electron chi connectivity index (χ3n) is 4.96. The van der Waals surface area contributed by atoms with Crippen LogP contribution in [-0.4, -0.2) is 42.3 Å². The number of hydrogen-bond acceptors (Lipinski definition) is 5. The minimum absolute atomic E-state index is 0. The van der Waals surface area contributed by atoms with E-state index in [4.69, 9.17) is 4.74 Å². The molecule has 8 nitrogen and oxygen atoms in total. The summed E-state index contributed by atoms with van der Waals surface area (Å²) in [5, 5.41) is 8.08. The molecule has 0 aliphatic heterocycles. The normalized spacial score (nSPS) is 13.7. The molecule has 3 amide bonds. The van der Waals surface area contributed by atoms with Crippen LogP contribution in [0, 0.1) is 11.8 Å². The summed E-state index contributed by atoms with van der Waals surface area (Å²) in [6.45, 7) is 9.80. The molecule has 0 radical (unpaired) electrons. The van der Waals surface area contributed by atoms with Gasteiger partial charge in [0.2, 0.25) is 11.8 Å². The zero-order valence-corrected chi connectivity index (χ0v) is 20.4. The summed E-state index contributed by atoms with van der Waals surface area (Å²) in [4.78, 5) is 49.4. The van der Waals surface area contributed by atoms with Crippen LogP contribution in [0.25, 0.3) is 0 Å². The molecular formula is C25H43N3O5. The van der Waals surface area contributed by atoms with Gasteiger partial charge in [0, 0.05) is 2.85 Å². The fourth-order valence-corrected chi connectivity index (χ4v) is 3.38. The lowest BCUT2D eigenvalue weighted by atomic mass is 10.0. The highest BCUT2D eigenvalue weighted by Gasteiger charge is 2.28. The number of ether oxygens (including phenoxy) is 1. The number of alkyl carbamates (subject to hydrolysis) is 1. The molecule has 0 saturated heterocycles. The lowest BCUT2D eigenvalue weighted by Crippen LogP contribution is -2.55.